The minimum absolute atomic E-state index is 0.189. The maximum Gasteiger partial charge on any atom is 0.0522 e. The predicted molar refractivity (Wildman–Crippen MR) is 35.2 cm³/mol. The molecule has 1 aliphatic heterocycles. The van der Waals surface area contributed by atoms with Gasteiger partial charge in [0.05, 0.1) is 13.2 Å². The quantitative estimate of drug-likeness (QED) is 0.564. The molecule has 1 fully saturated rings. The van der Waals surface area contributed by atoms with Crippen LogP contribution in [-0.2, 0) is 4.74 Å². The molecule has 0 bridgehead atoms. The molecule has 1 atom stereocenters. The molecule has 54 valence electrons. The summed E-state index contributed by atoms with van der Waals surface area (Å²) in [6.07, 6.45) is 0. The average Bonchev–Trinajstić information content (AvgIpc) is 2.08. The Hall–Kier alpha value is -0.0800. The van der Waals surface area contributed by atoms with Crippen LogP contribution in [0.1, 0.15) is 13.8 Å². The summed E-state index contributed by atoms with van der Waals surface area (Å²) in [5.74, 6) is 0.345. The normalized spacial score (nSPS) is 33.0. The third-order valence-electron chi connectivity index (χ3n) is 2.12. The molecular formula is C7H14O2. The van der Waals surface area contributed by atoms with Crippen molar-refractivity contribution in [2.45, 2.75) is 13.8 Å². The lowest BCUT2D eigenvalue weighted by Crippen LogP contribution is -2.24. The first-order valence-corrected chi connectivity index (χ1v) is 3.35. The van der Waals surface area contributed by atoms with Gasteiger partial charge < -0.3 is 9.84 Å². The van der Waals surface area contributed by atoms with Gasteiger partial charge in [-0.3, -0.25) is 0 Å². The zero-order chi connectivity index (χ0) is 6.91. The summed E-state index contributed by atoms with van der Waals surface area (Å²) < 4.78 is 5.20. The van der Waals surface area contributed by atoms with Gasteiger partial charge in [0, 0.05) is 12.5 Å². The lowest BCUT2D eigenvalue weighted by molar-refractivity contribution is 0.158. The summed E-state index contributed by atoms with van der Waals surface area (Å²) in [7, 11) is 0. The maximum absolute atomic E-state index is 8.82. The molecule has 1 saturated heterocycles. The third kappa shape index (κ3) is 1.25. The Balaban J connectivity index is 2.52. The molecule has 2 nitrogen and oxygen atoms in total. The second-order valence-corrected chi connectivity index (χ2v) is 3.38. The summed E-state index contributed by atoms with van der Waals surface area (Å²) in [5.41, 5.74) is 0.189. The molecule has 1 N–H and O–H groups in total. The first-order chi connectivity index (χ1) is 4.17. The van der Waals surface area contributed by atoms with E-state index in [0.717, 1.165) is 13.2 Å². The first-order valence-electron chi connectivity index (χ1n) is 3.35. The van der Waals surface area contributed by atoms with Crippen LogP contribution in [0.4, 0.5) is 0 Å². The molecule has 0 aliphatic carbocycles. The molecule has 0 aromatic rings. The molecule has 1 aliphatic rings. The average molecular weight is 130 g/mol. The van der Waals surface area contributed by atoms with Gasteiger partial charge in [-0.25, -0.2) is 0 Å². The van der Waals surface area contributed by atoms with Crippen molar-refractivity contribution in [1.82, 2.24) is 0 Å². The molecular weight excluding hydrogens is 116 g/mol. The van der Waals surface area contributed by atoms with Crippen molar-refractivity contribution >= 4 is 0 Å². The topological polar surface area (TPSA) is 29.5 Å². The van der Waals surface area contributed by atoms with Crippen molar-refractivity contribution in [3.05, 3.63) is 0 Å². The van der Waals surface area contributed by atoms with Gasteiger partial charge in [-0.15, -0.1) is 0 Å². The Morgan fingerprint density at radius 3 is 2.56 bits per heavy atom. The van der Waals surface area contributed by atoms with E-state index < -0.39 is 0 Å². The Morgan fingerprint density at radius 1 is 1.67 bits per heavy atom. The van der Waals surface area contributed by atoms with E-state index in [4.69, 9.17) is 9.84 Å². The van der Waals surface area contributed by atoms with Crippen LogP contribution in [0.5, 0.6) is 0 Å². The summed E-state index contributed by atoms with van der Waals surface area (Å²) in [4.78, 5) is 0. The number of hydrogen-bond donors (Lipinski definition) is 1. The fourth-order valence-electron chi connectivity index (χ4n) is 1.11. The van der Waals surface area contributed by atoms with E-state index in [1.165, 1.54) is 0 Å². The van der Waals surface area contributed by atoms with Gasteiger partial charge in [0.2, 0.25) is 0 Å². The number of rotatable bonds is 1. The van der Waals surface area contributed by atoms with Crippen LogP contribution in [0.2, 0.25) is 0 Å². The maximum atomic E-state index is 8.82. The van der Waals surface area contributed by atoms with Crippen LogP contribution >= 0.6 is 0 Å². The van der Waals surface area contributed by atoms with E-state index in [1.54, 1.807) is 0 Å². The Kier molecular flexibility index (Phi) is 1.78. The van der Waals surface area contributed by atoms with E-state index in [2.05, 4.69) is 13.8 Å². The molecule has 1 heterocycles. The molecule has 0 spiro atoms. The van der Waals surface area contributed by atoms with Gasteiger partial charge in [0.15, 0.2) is 0 Å². The van der Waals surface area contributed by atoms with E-state index in [9.17, 15) is 0 Å². The monoisotopic (exact) mass is 130 g/mol. The Bertz CT molecular complexity index is 99.1. The van der Waals surface area contributed by atoms with E-state index in [-0.39, 0.29) is 12.0 Å². The van der Waals surface area contributed by atoms with Crippen LogP contribution in [0.3, 0.4) is 0 Å². The van der Waals surface area contributed by atoms with Crippen molar-refractivity contribution in [3.8, 4) is 0 Å². The fourth-order valence-corrected chi connectivity index (χ4v) is 1.11. The van der Waals surface area contributed by atoms with Crippen LogP contribution in [-0.4, -0.2) is 24.9 Å². The van der Waals surface area contributed by atoms with Crippen LogP contribution < -0.4 is 0 Å². The number of hydrogen-bond acceptors (Lipinski definition) is 2. The van der Waals surface area contributed by atoms with E-state index >= 15 is 0 Å². The minimum atomic E-state index is 0.189. The zero-order valence-electron chi connectivity index (χ0n) is 6.05. The van der Waals surface area contributed by atoms with Crippen LogP contribution in [0, 0.1) is 11.3 Å². The van der Waals surface area contributed by atoms with Gasteiger partial charge in [0.1, 0.15) is 0 Å². The molecule has 1 unspecified atom stereocenters. The highest BCUT2D eigenvalue weighted by atomic mass is 16.5. The minimum Gasteiger partial charge on any atom is -0.396 e. The van der Waals surface area contributed by atoms with E-state index in [0.29, 0.717) is 5.92 Å². The van der Waals surface area contributed by atoms with Gasteiger partial charge in [-0.05, 0) is 5.41 Å². The smallest absolute Gasteiger partial charge is 0.0522 e. The highest BCUT2D eigenvalue weighted by Gasteiger charge is 2.34. The SMILES string of the molecule is CC1(C)COCC1CO. The molecule has 0 aromatic heterocycles. The summed E-state index contributed by atoms with van der Waals surface area (Å²) in [5, 5.41) is 8.82. The van der Waals surface area contributed by atoms with Crippen LogP contribution in [0.15, 0.2) is 0 Å². The third-order valence-corrected chi connectivity index (χ3v) is 2.12. The zero-order valence-corrected chi connectivity index (χ0v) is 6.05. The predicted octanol–water partition coefficient (Wildman–Crippen LogP) is 0.651. The van der Waals surface area contributed by atoms with Crippen LogP contribution in [0.25, 0.3) is 0 Å². The van der Waals surface area contributed by atoms with Crippen molar-refractivity contribution in [1.29, 1.82) is 0 Å². The Morgan fingerprint density at radius 2 is 2.33 bits per heavy atom. The summed E-state index contributed by atoms with van der Waals surface area (Å²) in [6, 6.07) is 0. The molecule has 0 radical (unpaired) electrons. The van der Waals surface area contributed by atoms with Gasteiger partial charge in [-0.1, -0.05) is 13.8 Å². The Labute approximate surface area is 55.8 Å². The second kappa shape index (κ2) is 2.27. The van der Waals surface area contributed by atoms with Gasteiger partial charge in [-0.2, -0.15) is 0 Å². The standard InChI is InChI=1S/C7H14O2/c1-7(2)5-9-4-6(7)3-8/h6,8H,3-5H2,1-2H3. The molecule has 0 aromatic carbocycles. The lowest BCUT2D eigenvalue weighted by atomic mass is 9.83. The highest BCUT2D eigenvalue weighted by molar-refractivity contribution is 4.82. The molecule has 0 amide bonds. The van der Waals surface area contributed by atoms with Crippen molar-refractivity contribution < 1.29 is 9.84 Å². The number of ether oxygens (including phenoxy) is 1. The molecule has 9 heavy (non-hydrogen) atoms. The number of aliphatic hydroxyl groups excluding tert-OH is 1. The van der Waals surface area contributed by atoms with Crippen molar-refractivity contribution in [2.24, 2.45) is 11.3 Å². The highest BCUT2D eigenvalue weighted by Crippen LogP contribution is 2.32. The second-order valence-electron chi connectivity index (χ2n) is 3.38. The summed E-state index contributed by atoms with van der Waals surface area (Å²) >= 11 is 0. The molecule has 1 rings (SSSR count). The first kappa shape index (κ1) is 7.03. The van der Waals surface area contributed by atoms with Crippen molar-refractivity contribution in [3.63, 3.8) is 0 Å². The molecule has 0 saturated carbocycles. The largest absolute Gasteiger partial charge is 0.396 e. The fraction of sp³-hybridized carbons (Fsp3) is 1.00. The van der Waals surface area contributed by atoms with Gasteiger partial charge >= 0.3 is 0 Å². The lowest BCUT2D eigenvalue weighted by Gasteiger charge is -2.21. The number of aliphatic hydroxyl groups is 1. The molecule has 2 heteroatoms. The van der Waals surface area contributed by atoms with Gasteiger partial charge in [0.25, 0.3) is 0 Å². The van der Waals surface area contributed by atoms with Crippen molar-refractivity contribution in [2.75, 3.05) is 19.8 Å². The van der Waals surface area contributed by atoms with E-state index in [1.807, 2.05) is 0 Å². The summed E-state index contributed by atoms with van der Waals surface area (Å²) in [6.45, 7) is 6.02.